The van der Waals surface area contributed by atoms with Crippen molar-refractivity contribution in [2.75, 3.05) is 64.2 Å². The van der Waals surface area contributed by atoms with Crippen LogP contribution in [0.15, 0.2) is 24.3 Å². The second-order valence-electron chi connectivity index (χ2n) is 8.45. The van der Waals surface area contributed by atoms with E-state index in [0.717, 1.165) is 5.69 Å². The quantitative estimate of drug-likeness (QED) is 0.336. The minimum atomic E-state index is -0.890. The molecule has 1 heterocycles. The van der Waals surface area contributed by atoms with Crippen LogP contribution in [0, 0.1) is 17.2 Å². The van der Waals surface area contributed by atoms with Crippen LogP contribution in [0.1, 0.15) is 26.7 Å². The summed E-state index contributed by atoms with van der Waals surface area (Å²) in [6, 6.07) is 9.46. The van der Waals surface area contributed by atoms with Crippen molar-refractivity contribution in [3.05, 3.63) is 24.3 Å². The van der Waals surface area contributed by atoms with Gasteiger partial charge in [0.1, 0.15) is 5.92 Å². The number of thioether (sulfide) groups is 1. The summed E-state index contributed by atoms with van der Waals surface area (Å²) in [5.74, 6) is -1.52. The fourth-order valence-corrected chi connectivity index (χ4v) is 5.44. The molecule has 36 heavy (non-hydrogen) atoms. The van der Waals surface area contributed by atoms with Crippen LogP contribution >= 0.6 is 11.8 Å². The molecule has 0 aliphatic carbocycles. The molecule has 11 heteroatoms. The molecule has 2 amide bonds. The summed E-state index contributed by atoms with van der Waals surface area (Å²) >= 11 is 1.50. The number of methoxy groups -OCH3 is 1. The number of anilines is 2. The van der Waals surface area contributed by atoms with Gasteiger partial charge in [-0.1, -0.05) is 6.07 Å². The summed E-state index contributed by atoms with van der Waals surface area (Å²) in [5.41, 5.74) is 1.53. The smallest absolute Gasteiger partial charge is 0.323 e. The molecular weight excluding hydrogens is 482 g/mol. The van der Waals surface area contributed by atoms with Crippen LogP contribution in [-0.2, 0) is 23.9 Å². The number of nitrogens with zero attached hydrogens (tertiary/aromatic N) is 3. The molecule has 10 nitrogen and oxygen atoms in total. The Hall–Kier alpha value is -2.81. The SMILES string of the molecule is CCOC(=O)C(C#N)CC1SC(CCNc2cccc(NC(=O)CN(C)CCOC)c2)C(=O)N1CC. The van der Waals surface area contributed by atoms with Gasteiger partial charge < -0.3 is 25.0 Å². The Kier molecular flexibility index (Phi) is 12.5. The van der Waals surface area contributed by atoms with Crippen molar-refractivity contribution >= 4 is 40.9 Å². The van der Waals surface area contributed by atoms with Crippen LogP contribution in [0.2, 0.25) is 0 Å². The van der Waals surface area contributed by atoms with E-state index in [9.17, 15) is 19.6 Å². The number of nitrogens with one attached hydrogen (secondary N) is 2. The average Bonchev–Trinajstić information content (AvgIpc) is 3.15. The summed E-state index contributed by atoms with van der Waals surface area (Å²) in [7, 11) is 3.49. The fraction of sp³-hybridized carbons (Fsp3) is 0.600. The highest BCUT2D eigenvalue weighted by molar-refractivity contribution is 8.01. The number of amides is 2. The Balaban J connectivity index is 1.87. The van der Waals surface area contributed by atoms with Gasteiger partial charge in [-0.15, -0.1) is 11.8 Å². The lowest BCUT2D eigenvalue weighted by molar-refractivity contribution is -0.146. The van der Waals surface area contributed by atoms with E-state index in [1.54, 1.807) is 18.9 Å². The predicted octanol–water partition coefficient (Wildman–Crippen LogP) is 2.39. The highest BCUT2D eigenvalue weighted by Crippen LogP contribution is 2.37. The lowest BCUT2D eigenvalue weighted by Gasteiger charge is -2.23. The number of benzene rings is 1. The first kappa shape index (κ1) is 29.4. The van der Waals surface area contributed by atoms with Crippen molar-refractivity contribution in [3.63, 3.8) is 0 Å². The van der Waals surface area contributed by atoms with Crippen molar-refractivity contribution in [3.8, 4) is 6.07 Å². The molecule has 198 valence electrons. The van der Waals surface area contributed by atoms with Gasteiger partial charge in [0, 0.05) is 44.5 Å². The molecule has 1 aliphatic heterocycles. The van der Waals surface area contributed by atoms with Gasteiger partial charge in [-0.05, 0) is 45.5 Å². The number of hydrogen-bond donors (Lipinski definition) is 2. The monoisotopic (exact) mass is 519 g/mol. The number of esters is 1. The van der Waals surface area contributed by atoms with Crippen LogP contribution in [0.25, 0.3) is 0 Å². The normalized spacial score (nSPS) is 18.1. The minimum absolute atomic E-state index is 0.0217. The molecule has 0 spiro atoms. The maximum Gasteiger partial charge on any atom is 0.323 e. The van der Waals surface area contributed by atoms with E-state index in [4.69, 9.17) is 9.47 Å². The molecule has 3 unspecified atom stereocenters. The number of carbonyl (C=O) groups excluding carboxylic acids is 3. The predicted molar refractivity (Wildman–Crippen MR) is 140 cm³/mol. The van der Waals surface area contributed by atoms with E-state index in [1.807, 2.05) is 49.2 Å². The van der Waals surface area contributed by atoms with E-state index < -0.39 is 11.9 Å². The molecule has 1 aromatic rings. The van der Waals surface area contributed by atoms with Gasteiger partial charge in [0.2, 0.25) is 11.8 Å². The summed E-state index contributed by atoms with van der Waals surface area (Å²) < 4.78 is 10.0. The van der Waals surface area contributed by atoms with Crippen molar-refractivity contribution in [2.24, 2.45) is 5.92 Å². The van der Waals surface area contributed by atoms with Crippen LogP contribution < -0.4 is 10.6 Å². The molecule has 2 rings (SSSR count). The van der Waals surface area contributed by atoms with Crippen molar-refractivity contribution in [1.29, 1.82) is 5.26 Å². The Bertz CT molecular complexity index is 924. The third-order valence-corrected chi connectivity index (χ3v) is 7.23. The first-order chi connectivity index (χ1) is 17.3. The molecule has 0 bridgehead atoms. The topological polar surface area (TPSA) is 124 Å². The molecule has 0 saturated carbocycles. The molecular formula is C25H37N5O5S. The van der Waals surface area contributed by atoms with Gasteiger partial charge in [0.25, 0.3) is 0 Å². The largest absolute Gasteiger partial charge is 0.465 e. The van der Waals surface area contributed by atoms with Crippen LogP contribution in [0.3, 0.4) is 0 Å². The number of rotatable bonds is 15. The zero-order valence-electron chi connectivity index (χ0n) is 21.5. The maximum atomic E-state index is 12.9. The number of hydrogen-bond acceptors (Lipinski definition) is 9. The van der Waals surface area contributed by atoms with Crippen LogP contribution in [0.4, 0.5) is 11.4 Å². The second kappa shape index (κ2) is 15.3. The van der Waals surface area contributed by atoms with Crippen molar-refractivity contribution in [2.45, 2.75) is 37.3 Å². The van der Waals surface area contributed by atoms with Gasteiger partial charge in [-0.3, -0.25) is 19.3 Å². The zero-order chi connectivity index (χ0) is 26.5. The van der Waals surface area contributed by atoms with E-state index in [0.29, 0.717) is 38.3 Å². The Labute approximate surface area is 217 Å². The summed E-state index contributed by atoms with van der Waals surface area (Å²) in [5, 5.41) is 15.1. The third kappa shape index (κ3) is 9.00. The number of nitriles is 1. The van der Waals surface area contributed by atoms with Gasteiger partial charge in [-0.25, -0.2) is 0 Å². The van der Waals surface area contributed by atoms with Crippen LogP contribution in [-0.4, -0.2) is 91.8 Å². The van der Waals surface area contributed by atoms with Crippen LogP contribution in [0.5, 0.6) is 0 Å². The minimum Gasteiger partial charge on any atom is -0.465 e. The number of likely N-dealkylation sites (N-methyl/N-ethyl adjacent to an activating group) is 1. The van der Waals surface area contributed by atoms with Gasteiger partial charge in [0.05, 0.1) is 36.5 Å². The first-order valence-electron chi connectivity index (χ1n) is 12.2. The number of ether oxygens (including phenoxy) is 2. The lowest BCUT2D eigenvalue weighted by atomic mass is 10.1. The van der Waals surface area contributed by atoms with Gasteiger partial charge >= 0.3 is 5.97 Å². The van der Waals surface area contributed by atoms with Crippen molar-refractivity contribution < 1.29 is 23.9 Å². The number of carbonyl (C=O) groups is 3. The molecule has 0 radical (unpaired) electrons. The molecule has 0 aromatic heterocycles. The maximum absolute atomic E-state index is 12.9. The molecule has 1 aliphatic rings. The highest BCUT2D eigenvalue weighted by Gasteiger charge is 2.41. The Morgan fingerprint density at radius 1 is 1.31 bits per heavy atom. The molecule has 1 saturated heterocycles. The van der Waals surface area contributed by atoms with Crippen molar-refractivity contribution in [1.82, 2.24) is 9.80 Å². The van der Waals surface area contributed by atoms with E-state index in [-0.39, 0.29) is 42.0 Å². The van der Waals surface area contributed by atoms with Gasteiger partial charge in [0.15, 0.2) is 0 Å². The molecule has 1 aromatic carbocycles. The van der Waals surface area contributed by atoms with Gasteiger partial charge in [-0.2, -0.15) is 5.26 Å². The molecule has 1 fully saturated rings. The van der Waals surface area contributed by atoms with E-state index in [1.165, 1.54) is 11.8 Å². The average molecular weight is 520 g/mol. The zero-order valence-corrected chi connectivity index (χ0v) is 22.3. The summed E-state index contributed by atoms with van der Waals surface area (Å²) in [6.45, 7) is 6.39. The summed E-state index contributed by atoms with van der Waals surface area (Å²) in [4.78, 5) is 40.8. The first-order valence-corrected chi connectivity index (χ1v) is 13.1. The second-order valence-corrected chi connectivity index (χ2v) is 9.83. The third-order valence-electron chi connectivity index (χ3n) is 5.71. The summed E-state index contributed by atoms with van der Waals surface area (Å²) in [6.07, 6.45) is 0.847. The van der Waals surface area contributed by atoms with E-state index in [2.05, 4.69) is 10.6 Å². The standard InChI is InChI=1S/C25H37N5O5S/c1-5-30-23(14-18(16-26)25(33)35-6-2)36-21(24(30)32)10-11-27-19-8-7-9-20(15-19)28-22(31)17-29(3)12-13-34-4/h7-9,15,18,21,23,27H,5-6,10-14,17H2,1-4H3,(H,28,31). The lowest BCUT2D eigenvalue weighted by Crippen LogP contribution is -2.36. The Morgan fingerprint density at radius 3 is 2.72 bits per heavy atom. The fourth-order valence-electron chi connectivity index (χ4n) is 3.85. The highest BCUT2D eigenvalue weighted by atomic mass is 32.2. The van der Waals surface area contributed by atoms with E-state index >= 15 is 0 Å². The molecule has 2 N–H and O–H groups in total. The molecule has 3 atom stereocenters. The Morgan fingerprint density at radius 2 is 2.06 bits per heavy atom.